The lowest BCUT2D eigenvalue weighted by Gasteiger charge is -2.40. The molecule has 0 radical (unpaired) electrons. The van der Waals surface area contributed by atoms with Crippen LogP contribution in [0.5, 0.6) is 0 Å². The molecule has 0 aromatic heterocycles. The lowest BCUT2D eigenvalue weighted by atomic mass is 9.77. The molecule has 2 N–H and O–H groups in total. The Bertz CT molecular complexity index is 439. The maximum Gasteiger partial charge on any atom is 0.306 e. The number of carboxylic acid groups (broad SMARTS) is 1. The summed E-state index contributed by atoms with van der Waals surface area (Å²) in [6, 6.07) is 0. The molecule has 4 nitrogen and oxygen atoms in total. The molecule has 2 unspecified atom stereocenters. The van der Waals surface area contributed by atoms with Gasteiger partial charge in [0.15, 0.2) is 0 Å². The topological polar surface area (TPSA) is 57.5 Å². The van der Waals surface area contributed by atoms with Gasteiger partial charge in [0.1, 0.15) is 12.1 Å². The van der Waals surface area contributed by atoms with Gasteiger partial charge in [-0.3, -0.25) is 4.79 Å². The van der Waals surface area contributed by atoms with E-state index in [1.807, 2.05) is 33.3 Å². The molecule has 158 valence electrons. The summed E-state index contributed by atoms with van der Waals surface area (Å²) >= 11 is 0. The number of aliphatic hydroxyl groups is 1. The Kier molecular flexibility index (Phi) is 13.4. The van der Waals surface area contributed by atoms with Gasteiger partial charge in [0.05, 0.1) is 27.6 Å². The Morgan fingerprint density at radius 3 is 2.22 bits per heavy atom. The van der Waals surface area contributed by atoms with E-state index in [9.17, 15) is 15.0 Å². The monoisotopic (exact) mass is 382 g/mol. The van der Waals surface area contributed by atoms with E-state index in [0.717, 1.165) is 44.9 Å². The highest BCUT2D eigenvalue weighted by molar-refractivity contribution is 5.68. The zero-order valence-electron chi connectivity index (χ0n) is 18.3. The van der Waals surface area contributed by atoms with Crippen LogP contribution < -0.4 is 0 Å². The number of carboxylic acids is 1. The maximum atomic E-state index is 11.4. The minimum Gasteiger partial charge on any atom is -0.481 e. The van der Waals surface area contributed by atoms with Gasteiger partial charge in [0, 0.05) is 0 Å². The fourth-order valence-electron chi connectivity index (χ4n) is 3.92. The second kappa shape index (κ2) is 14.0. The number of hydrogen-bond donors (Lipinski definition) is 2. The van der Waals surface area contributed by atoms with Crippen LogP contribution in [-0.2, 0) is 4.79 Å². The number of hydrogen-bond acceptors (Lipinski definition) is 2. The van der Waals surface area contributed by atoms with E-state index in [1.165, 1.54) is 19.3 Å². The van der Waals surface area contributed by atoms with E-state index in [-0.39, 0.29) is 12.3 Å². The normalized spacial score (nSPS) is 15.6. The van der Waals surface area contributed by atoms with E-state index < -0.39 is 11.6 Å². The summed E-state index contributed by atoms with van der Waals surface area (Å²) < 4.78 is 0.574. The Labute approximate surface area is 167 Å². The van der Waals surface area contributed by atoms with Crippen LogP contribution >= 0.6 is 0 Å². The Hall–Kier alpha value is -1.13. The molecule has 0 aromatic carbocycles. The summed E-state index contributed by atoms with van der Waals surface area (Å²) in [6.07, 6.45) is 16.7. The molecule has 0 rings (SSSR count). The van der Waals surface area contributed by atoms with Gasteiger partial charge in [-0.05, 0) is 31.6 Å². The third kappa shape index (κ3) is 13.7. The summed E-state index contributed by atoms with van der Waals surface area (Å²) in [5.41, 5.74) is -1.13. The first kappa shape index (κ1) is 25.9. The highest BCUT2D eigenvalue weighted by Gasteiger charge is 2.42. The van der Waals surface area contributed by atoms with Gasteiger partial charge in [0.2, 0.25) is 0 Å². The summed E-state index contributed by atoms with van der Waals surface area (Å²) in [5, 5.41) is 20.7. The van der Waals surface area contributed by atoms with E-state index in [2.05, 4.69) is 19.6 Å². The second-order valence-electron chi connectivity index (χ2n) is 8.97. The Morgan fingerprint density at radius 2 is 1.67 bits per heavy atom. The van der Waals surface area contributed by atoms with Crippen LogP contribution in [0.2, 0.25) is 0 Å². The molecule has 0 saturated heterocycles. The minimum absolute atomic E-state index is 0.0569. The number of quaternary nitrogens is 1. The van der Waals surface area contributed by atoms with Gasteiger partial charge in [0.25, 0.3) is 0 Å². The smallest absolute Gasteiger partial charge is 0.306 e. The standard InChI is InChI=1S/C23H43NO3/c1-6-8-10-11-12-13-14-15-16-18-21(17-9-7-2)23(27,19-22(25)26)20-24(3,4)5/h6,8,10,21,27H,1,7,9,11-20H2,2-5H3/p+1. The third-order valence-electron chi connectivity index (χ3n) is 5.07. The van der Waals surface area contributed by atoms with Crippen molar-refractivity contribution in [1.82, 2.24) is 0 Å². The molecule has 0 aromatic rings. The first-order chi connectivity index (χ1) is 12.6. The Balaban J connectivity index is 4.64. The van der Waals surface area contributed by atoms with E-state index in [1.54, 1.807) is 0 Å². The van der Waals surface area contributed by atoms with E-state index in [4.69, 9.17) is 0 Å². The van der Waals surface area contributed by atoms with Crippen molar-refractivity contribution >= 4 is 5.97 Å². The van der Waals surface area contributed by atoms with Crippen LogP contribution in [0.4, 0.5) is 0 Å². The van der Waals surface area contributed by atoms with Gasteiger partial charge >= 0.3 is 5.97 Å². The van der Waals surface area contributed by atoms with Crippen LogP contribution in [0, 0.1) is 5.92 Å². The highest BCUT2D eigenvalue weighted by atomic mass is 16.4. The molecule has 4 heteroatoms. The van der Waals surface area contributed by atoms with Crippen molar-refractivity contribution in [2.75, 3.05) is 27.7 Å². The molecule has 0 aliphatic heterocycles. The SMILES string of the molecule is C=CC=CCCCCCCCC(CCCC)C(O)(CC(=O)O)C[N+](C)(C)C. The maximum absolute atomic E-state index is 11.4. The molecule has 0 fully saturated rings. The highest BCUT2D eigenvalue weighted by Crippen LogP contribution is 2.33. The molecule has 0 heterocycles. The van der Waals surface area contributed by atoms with Crippen molar-refractivity contribution in [3.05, 3.63) is 24.8 Å². The van der Waals surface area contributed by atoms with Crippen LogP contribution in [0.1, 0.15) is 77.6 Å². The molecular weight excluding hydrogens is 338 g/mol. The lowest BCUT2D eigenvalue weighted by Crippen LogP contribution is -2.54. The predicted octanol–water partition coefficient (Wildman–Crippen LogP) is 5.18. The number of likely N-dealkylation sites (N-methyl/N-ethyl adjacent to an activating group) is 1. The fourth-order valence-corrected chi connectivity index (χ4v) is 3.92. The zero-order chi connectivity index (χ0) is 20.8. The Morgan fingerprint density at radius 1 is 1.07 bits per heavy atom. The predicted molar refractivity (Wildman–Crippen MR) is 115 cm³/mol. The minimum atomic E-state index is -1.13. The molecule has 0 bridgehead atoms. The van der Waals surface area contributed by atoms with Gasteiger partial charge < -0.3 is 14.7 Å². The van der Waals surface area contributed by atoms with Crippen molar-refractivity contribution in [2.45, 2.75) is 83.2 Å². The molecule has 0 amide bonds. The van der Waals surface area contributed by atoms with Gasteiger partial charge in [-0.1, -0.05) is 70.3 Å². The van der Waals surface area contributed by atoms with E-state index >= 15 is 0 Å². The largest absolute Gasteiger partial charge is 0.481 e. The molecule has 27 heavy (non-hydrogen) atoms. The lowest BCUT2D eigenvalue weighted by molar-refractivity contribution is -0.877. The summed E-state index contributed by atoms with van der Waals surface area (Å²) in [4.78, 5) is 11.4. The van der Waals surface area contributed by atoms with Gasteiger partial charge in [-0.15, -0.1) is 0 Å². The second-order valence-corrected chi connectivity index (χ2v) is 8.97. The molecule has 0 saturated carbocycles. The number of carbonyl (C=O) groups is 1. The van der Waals surface area contributed by atoms with Gasteiger partial charge in [-0.25, -0.2) is 0 Å². The van der Waals surface area contributed by atoms with Crippen molar-refractivity contribution in [3.63, 3.8) is 0 Å². The van der Waals surface area contributed by atoms with Crippen molar-refractivity contribution in [3.8, 4) is 0 Å². The van der Waals surface area contributed by atoms with Gasteiger partial charge in [-0.2, -0.15) is 0 Å². The summed E-state index contributed by atoms with van der Waals surface area (Å²) in [5.74, 6) is -0.846. The quantitative estimate of drug-likeness (QED) is 0.207. The van der Waals surface area contributed by atoms with Crippen LogP contribution in [0.15, 0.2) is 24.8 Å². The van der Waals surface area contributed by atoms with Crippen molar-refractivity contribution in [2.24, 2.45) is 5.92 Å². The number of rotatable bonds is 17. The molecule has 0 aliphatic rings. The van der Waals surface area contributed by atoms with Crippen molar-refractivity contribution in [1.29, 1.82) is 0 Å². The summed E-state index contributed by atoms with van der Waals surface area (Å²) in [7, 11) is 6.06. The number of unbranched alkanes of at least 4 members (excludes halogenated alkanes) is 6. The summed E-state index contributed by atoms with van der Waals surface area (Å²) in [6.45, 7) is 6.29. The number of aliphatic carboxylic acids is 1. The van der Waals surface area contributed by atoms with Crippen molar-refractivity contribution < 1.29 is 19.5 Å². The zero-order valence-corrected chi connectivity index (χ0v) is 18.3. The molecular formula is C23H44NO3+. The fraction of sp³-hybridized carbons (Fsp3) is 0.783. The molecule has 0 aliphatic carbocycles. The first-order valence-corrected chi connectivity index (χ1v) is 10.7. The average molecular weight is 383 g/mol. The van der Waals surface area contributed by atoms with Crippen LogP contribution in [0.25, 0.3) is 0 Å². The number of allylic oxidation sites excluding steroid dienone is 3. The first-order valence-electron chi connectivity index (χ1n) is 10.7. The number of nitrogens with zero attached hydrogens (tertiary/aromatic N) is 1. The third-order valence-corrected chi connectivity index (χ3v) is 5.07. The average Bonchev–Trinajstić information content (AvgIpc) is 2.53. The van der Waals surface area contributed by atoms with E-state index in [0.29, 0.717) is 11.0 Å². The van der Waals surface area contributed by atoms with Crippen LogP contribution in [0.3, 0.4) is 0 Å². The molecule has 2 atom stereocenters. The van der Waals surface area contributed by atoms with Crippen LogP contribution in [-0.4, -0.2) is 54.0 Å². The molecule has 0 spiro atoms.